The lowest BCUT2D eigenvalue weighted by atomic mass is 10.2. The SMILES string of the molecule is O=C(COc1cccc(F)c1)NCC1COc2ccccc2O1. The molecule has 0 fully saturated rings. The Morgan fingerprint density at radius 3 is 2.87 bits per heavy atom. The van der Waals surface area contributed by atoms with Crippen LogP contribution in [0.2, 0.25) is 0 Å². The first-order valence-corrected chi connectivity index (χ1v) is 7.24. The van der Waals surface area contributed by atoms with Gasteiger partial charge in [-0.25, -0.2) is 4.39 Å². The molecule has 3 rings (SSSR count). The predicted molar refractivity (Wildman–Crippen MR) is 81.3 cm³/mol. The van der Waals surface area contributed by atoms with Crippen molar-refractivity contribution in [1.29, 1.82) is 0 Å². The number of amides is 1. The molecule has 2 aromatic rings. The molecule has 1 aliphatic heterocycles. The van der Waals surface area contributed by atoms with E-state index in [0.717, 1.165) is 0 Å². The lowest BCUT2D eigenvalue weighted by molar-refractivity contribution is -0.123. The minimum absolute atomic E-state index is 0.187. The first-order valence-electron chi connectivity index (χ1n) is 7.24. The molecule has 1 heterocycles. The highest BCUT2D eigenvalue weighted by molar-refractivity contribution is 5.77. The molecule has 0 saturated carbocycles. The summed E-state index contributed by atoms with van der Waals surface area (Å²) < 4.78 is 29.5. The lowest BCUT2D eigenvalue weighted by Gasteiger charge is -2.26. The van der Waals surface area contributed by atoms with Gasteiger partial charge >= 0.3 is 0 Å². The highest BCUT2D eigenvalue weighted by Gasteiger charge is 2.21. The molecule has 6 heteroatoms. The highest BCUT2D eigenvalue weighted by atomic mass is 19.1. The van der Waals surface area contributed by atoms with Crippen molar-refractivity contribution >= 4 is 5.91 Å². The summed E-state index contributed by atoms with van der Waals surface area (Å²) in [5.74, 6) is 0.955. The van der Waals surface area contributed by atoms with E-state index in [1.807, 2.05) is 24.3 Å². The van der Waals surface area contributed by atoms with E-state index in [4.69, 9.17) is 14.2 Å². The Labute approximate surface area is 133 Å². The molecule has 0 spiro atoms. The van der Waals surface area contributed by atoms with E-state index in [1.165, 1.54) is 18.2 Å². The Balaban J connectivity index is 1.43. The molecular formula is C17H16FNO4. The Morgan fingerprint density at radius 1 is 1.22 bits per heavy atom. The van der Waals surface area contributed by atoms with E-state index in [1.54, 1.807) is 6.07 Å². The monoisotopic (exact) mass is 317 g/mol. The summed E-state index contributed by atoms with van der Waals surface area (Å²) in [5.41, 5.74) is 0. The van der Waals surface area contributed by atoms with Crippen LogP contribution in [-0.4, -0.2) is 31.8 Å². The van der Waals surface area contributed by atoms with Crippen molar-refractivity contribution in [2.45, 2.75) is 6.10 Å². The quantitative estimate of drug-likeness (QED) is 0.918. The van der Waals surface area contributed by atoms with Crippen LogP contribution < -0.4 is 19.5 Å². The van der Waals surface area contributed by atoms with Gasteiger partial charge in [0, 0.05) is 6.07 Å². The molecule has 0 aliphatic carbocycles. The lowest BCUT2D eigenvalue weighted by Crippen LogP contribution is -2.42. The standard InChI is InChI=1S/C17H16FNO4/c18-12-4-3-5-13(8-12)21-11-17(20)19-9-14-10-22-15-6-1-2-7-16(15)23-14/h1-8,14H,9-11H2,(H,19,20). The molecule has 1 N–H and O–H groups in total. The van der Waals surface area contributed by atoms with Crippen LogP contribution in [0.15, 0.2) is 48.5 Å². The maximum atomic E-state index is 13.0. The average Bonchev–Trinajstić information content (AvgIpc) is 2.58. The summed E-state index contributed by atoms with van der Waals surface area (Å²) in [6.07, 6.45) is -0.261. The summed E-state index contributed by atoms with van der Waals surface area (Å²) in [5, 5.41) is 2.71. The zero-order valence-corrected chi connectivity index (χ0v) is 12.3. The van der Waals surface area contributed by atoms with Gasteiger partial charge in [-0.2, -0.15) is 0 Å². The molecule has 2 aromatic carbocycles. The Hall–Kier alpha value is -2.76. The van der Waals surface area contributed by atoms with E-state index >= 15 is 0 Å². The Kier molecular flexibility index (Phi) is 4.61. The number of rotatable bonds is 5. The number of hydrogen-bond donors (Lipinski definition) is 1. The maximum absolute atomic E-state index is 13.0. The fraction of sp³-hybridized carbons (Fsp3) is 0.235. The number of halogens is 1. The van der Waals surface area contributed by atoms with Crippen LogP contribution in [0.3, 0.4) is 0 Å². The number of nitrogens with one attached hydrogen (secondary N) is 1. The van der Waals surface area contributed by atoms with Crippen molar-refractivity contribution in [2.75, 3.05) is 19.8 Å². The highest BCUT2D eigenvalue weighted by Crippen LogP contribution is 2.30. The van der Waals surface area contributed by atoms with E-state index < -0.39 is 5.82 Å². The third-order valence-electron chi connectivity index (χ3n) is 3.26. The second-order valence-electron chi connectivity index (χ2n) is 5.05. The number of para-hydroxylation sites is 2. The summed E-state index contributed by atoms with van der Waals surface area (Å²) >= 11 is 0. The number of carbonyl (C=O) groups is 1. The smallest absolute Gasteiger partial charge is 0.258 e. The van der Waals surface area contributed by atoms with E-state index in [-0.39, 0.29) is 18.6 Å². The molecule has 1 aliphatic rings. The van der Waals surface area contributed by atoms with Crippen molar-refractivity contribution in [1.82, 2.24) is 5.32 Å². The number of benzene rings is 2. The van der Waals surface area contributed by atoms with Crippen molar-refractivity contribution < 1.29 is 23.4 Å². The molecule has 1 amide bonds. The van der Waals surface area contributed by atoms with Crippen molar-refractivity contribution in [2.24, 2.45) is 0 Å². The molecule has 0 radical (unpaired) electrons. The number of carbonyl (C=O) groups excluding carboxylic acids is 1. The van der Waals surface area contributed by atoms with Gasteiger partial charge in [-0.1, -0.05) is 18.2 Å². The molecule has 23 heavy (non-hydrogen) atoms. The maximum Gasteiger partial charge on any atom is 0.258 e. The normalized spacial score (nSPS) is 15.8. The van der Waals surface area contributed by atoms with Crippen molar-refractivity contribution in [3.63, 3.8) is 0 Å². The van der Waals surface area contributed by atoms with Crippen LogP contribution in [-0.2, 0) is 4.79 Å². The molecule has 1 atom stereocenters. The van der Waals surface area contributed by atoms with Crippen LogP contribution in [0.5, 0.6) is 17.2 Å². The fourth-order valence-electron chi connectivity index (χ4n) is 2.15. The molecule has 0 bridgehead atoms. The minimum atomic E-state index is -0.408. The van der Waals surface area contributed by atoms with Crippen molar-refractivity contribution in [3.8, 4) is 17.2 Å². The predicted octanol–water partition coefficient (Wildman–Crippen LogP) is 2.16. The zero-order valence-electron chi connectivity index (χ0n) is 12.3. The molecule has 5 nitrogen and oxygen atoms in total. The second kappa shape index (κ2) is 7.00. The van der Waals surface area contributed by atoms with E-state index in [2.05, 4.69) is 5.32 Å². The van der Waals surface area contributed by atoms with Crippen molar-refractivity contribution in [3.05, 3.63) is 54.3 Å². The fourth-order valence-corrected chi connectivity index (χ4v) is 2.15. The van der Waals surface area contributed by atoms with E-state index in [0.29, 0.717) is 30.4 Å². The first kappa shape index (κ1) is 15.1. The van der Waals surface area contributed by atoms with Gasteiger partial charge in [-0.3, -0.25) is 4.79 Å². The Morgan fingerprint density at radius 2 is 2.04 bits per heavy atom. The summed E-state index contributed by atoms with van der Waals surface area (Å²) in [4.78, 5) is 11.8. The van der Waals surface area contributed by atoms with Gasteiger partial charge in [0.1, 0.15) is 24.3 Å². The Bertz CT molecular complexity index is 692. The molecule has 120 valence electrons. The average molecular weight is 317 g/mol. The number of ether oxygens (including phenoxy) is 3. The summed E-state index contributed by atoms with van der Waals surface area (Å²) in [7, 11) is 0. The van der Waals surface area contributed by atoms with Gasteiger partial charge in [0.15, 0.2) is 18.1 Å². The van der Waals surface area contributed by atoms with Crippen LogP contribution in [0.25, 0.3) is 0 Å². The van der Waals surface area contributed by atoms with Gasteiger partial charge in [0.2, 0.25) is 0 Å². The van der Waals surface area contributed by atoms with Crippen LogP contribution in [0.1, 0.15) is 0 Å². The molecule has 0 aromatic heterocycles. The third kappa shape index (κ3) is 4.12. The summed E-state index contributed by atoms with van der Waals surface area (Å²) in [6, 6.07) is 13.0. The third-order valence-corrected chi connectivity index (χ3v) is 3.26. The van der Waals surface area contributed by atoms with Gasteiger partial charge < -0.3 is 19.5 Å². The molecule has 0 saturated heterocycles. The van der Waals surface area contributed by atoms with E-state index in [9.17, 15) is 9.18 Å². The molecule has 1 unspecified atom stereocenters. The molecular weight excluding hydrogens is 301 g/mol. The van der Waals surface area contributed by atoms with Crippen LogP contribution >= 0.6 is 0 Å². The van der Waals surface area contributed by atoms with Gasteiger partial charge in [-0.15, -0.1) is 0 Å². The minimum Gasteiger partial charge on any atom is -0.486 e. The van der Waals surface area contributed by atoms with Gasteiger partial charge in [0.25, 0.3) is 5.91 Å². The number of fused-ring (bicyclic) bond motifs is 1. The van der Waals surface area contributed by atoms with Crippen LogP contribution in [0, 0.1) is 5.82 Å². The zero-order chi connectivity index (χ0) is 16.1. The largest absolute Gasteiger partial charge is 0.486 e. The first-order chi connectivity index (χ1) is 11.2. The van der Waals surface area contributed by atoms with Crippen LogP contribution in [0.4, 0.5) is 4.39 Å². The van der Waals surface area contributed by atoms with Gasteiger partial charge in [-0.05, 0) is 24.3 Å². The topological polar surface area (TPSA) is 56.8 Å². The second-order valence-corrected chi connectivity index (χ2v) is 5.05. The summed E-state index contributed by atoms with van der Waals surface area (Å²) in [6.45, 7) is 0.481. The number of hydrogen-bond acceptors (Lipinski definition) is 4. The van der Waals surface area contributed by atoms with Gasteiger partial charge in [0.05, 0.1) is 6.54 Å².